The van der Waals surface area contributed by atoms with E-state index in [1.807, 2.05) is 24.3 Å². The first-order valence-corrected chi connectivity index (χ1v) is 10.8. The third-order valence-corrected chi connectivity index (χ3v) is 5.67. The van der Waals surface area contributed by atoms with Gasteiger partial charge in [-0.1, -0.05) is 121 Å². The summed E-state index contributed by atoms with van der Waals surface area (Å²) < 4.78 is 2.20. The Morgan fingerprint density at radius 3 is 1.53 bits per heavy atom. The van der Waals surface area contributed by atoms with Crippen molar-refractivity contribution in [1.29, 1.82) is 0 Å². The predicted octanol–water partition coefficient (Wildman–Crippen LogP) is 7.34. The molecule has 0 aliphatic carbocycles. The molecule has 0 aliphatic heterocycles. The normalized spacial score (nSPS) is 10.7. The Labute approximate surface area is 189 Å². The average Bonchev–Trinajstić information content (AvgIpc) is 3.20. The Bertz CT molecular complexity index is 1290. The van der Waals surface area contributed by atoms with Crippen molar-refractivity contribution in [2.24, 2.45) is 7.05 Å². The lowest BCUT2D eigenvalue weighted by Gasteiger charge is -2.10. The molecule has 0 saturated carbocycles. The van der Waals surface area contributed by atoms with Gasteiger partial charge in [-0.15, -0.1) is 0 Å². The molecule has 0 fully saturated rings. The topological polar surface area (TPSA) is 17.8 Å². The monoisotopic (exact) mass is 412 g/mol. The molecular weight excluding hydrogens is 388 g/mol. The van der Waals surface area contributed by atoms with Gasteiger partial charge >= 0.3 is 0 Å². The molecule has 0 spiro atoms. The predicted molar refractivity (Wildman–Crippen MR) is 134 cm³/mol. The van der Waals surface area contributed by atoms with Gasteiger partial charge in [-0.25, -0.2) is 4.98 Å². The summed E-state index contributed by atoms with van der Waals surface area (Å²) in [7, 11) is 2.10. The minimum Gasteiger partial charge on any atom is -0.327 e. The van der Waals surface area contributed by atoms with E-state index in [1.54, 1.807) is 0 Å². The minimum atomic E-state index is 0.922. The highest BCUT2D eigenvalue weighted by molar-refractivity contribution is 5.91. The number of aromatic nitrogens is 2. The second-order valence-electron chi connectivity index (χ2n) is 7.75. The van der Waals surface area contributed by atoms with Gasteiger partial charge in [-0.3, -0.25) is 0 Å². The summed E-state index contributed by atoms with van der Waals surface area (Å²) >= 11 is 0. The van der Waals surface area contributed by atoms with Crippen molar-refractivity contribution in [3.05, 3.63) is 138 Å². The van der Waals surface area contributed by atoms with Gasteiger partial charge in [0, 0.05) is 18.2 Å². The first kappa shape index (κ1) is 19.8. The molecule has 1 heterocycles. The van der Waals surface area contributed by atoms with Crippen LogP contribution in [0.15, 0.2) is 121 Å². The van der Waals surface area contributed by atoms with Crippen molar-refractivity contribution >= 4 is 11.6 Å². The van der Waals surface area contributed by atoms with Crippen molar-refractivity contribution in [2.45, 2.75) is 0 Å². The molecular formula is C30H24N2. The van der Waals surface area contributed by atoms with Crippen LogP contribution in [-0.4, -0.2) is 9.55 Å². The summed E-state index contributed by atoms with van der Waals surface area (Å²) in [5, 5.41) is 0. The average molecular weight is 413 g/mol. The smallest absolute Gasteiger partial charge is 0.134 e. The maximum absolute atomic E-state index is 5.13. The second kappa shape index (κ2) is 8.91. The van der Waals surface area contributed by atoms with Crippen LogP contribution in [0.2, 0.25) is 0 Å². The number of imidazole rings is 1. The standard InChI is InChI=1S/C30H24N2/c1-32-28(22-27(23-14-6-2-7-15-23)24-16-8-3-9-17-24)31-29(25-18-10-4-11-19-25)30(32)26-20-12-5-13-21-26/h2-22H,1H3. The van der Waals surface area contributed by atoms with E-state index in [2.05, 4.69) is 115 Å². The van der Waals surface area contributed by atoms with Crippen molar-refractivity contribution in [2.75, 3.05) is 0 Å². The lowest BCUT2D eigenvalue weighted by molar-refractivity contribution is 0.905. The minimum absolute atomic E-state index is 0.922. The molecule has 32 heavy (non-hydrogen) atoms. The van der Waals surface area contributed by atoms with E-state index in [1.165, 1.54) is 11.1 Å². The number of rotatable bonds is 5. The van der Waals surface area contributed by atoms with Gasteiger partial charge in [0.1, 0.15) is 5.82 Å². The van der Waals surface area contributed by atoms with Gasteiger partial charge in [-0.2, -0.15) is 0 Å². The van der Waals surface area contributed by atoms with Gasteiger partial charge in [0.15, 0.2) is 0 Å². The zero-order chi connectivity index (χ0) is 21.8. The van der Waals surface area contributed by atoms with Crippen LogP contribution in [0.3, 0.4) is 0 Å². The Kier molecular flexibility index (Phi) is 5.50. The molecule has 5 aromatic rings. The third-order valence-electron chi connectivity index (χ3n) is 5.67. The molecule has 5 rings (SSSR count). The zero-order valence-corrected chi connectivity index (χ0v) is 18.0. The van der Waals surface area contributed by atoms with Crippen molar-refractivity contribution in [3.63, 3.8) is 0 Å². The van der Waals surface area contributed by atoms with Crippen LogP contribution in [0, 0.1) is 0 Å². The molecule has 0 radical (unpaired) electrons. The quantitative estimate of drug-likeness (QED) is 0.295. The lowest BCUT2D eigenvalue weighted by Crippen LogP contribution is -1.97. The third kappa shape index (κ3) is 3.91. The highest BCUT2D eigenvalue weighted by Gasteiger charge is 2.17. The molecule has 154 valence electrons. The maximum Gasteiger partial charge on any atom is 0.134 e. The number of hydrogen-bond donors (Lipinski definition) is 0. The van der Waals surface area contributed by atoms with Crippen LogP contribution in [-0.2, 0) is 7.05 Å². The number of benzene rings is 4. The fourth-order valence-electron chi connectivity index (χ4n) is 4.07. The summed E-state index contributed by atoms with van der Waals surface area (Å²) in [5.41, 5.74) is 7.87. The highest BCUT2D eigenvalue weighted by atomic mass is 15.1. The molecule has 0 N–H and O–H groups in total. The molecule has 0 atom stereocenters. The summed E-state index contributed by atoms with van der Waals surface area (Å²) in [4.78, 5) is 5.13. The SMILES string of the molecule is Cn1c(C=C(c2ccccc2)c2ccccc2)nc(-c2ccccc2)c1-c1ccccc1. The second-order valence-corrected chi connectivity index (χ2v) is 7.75. The molecule has 2 nitrogen and oxygen atoms in total. The van der Waals surface area contributed by atoms with Crippen molar-refractivity contribution < 1.29 is 0 Å². The molecule has 0 saturated heterocycles. The molecule has 0 bridgehead atoms. The molecule has 0 unspecified atom stereocenters. The van der Waals surface area contributed by atoms with Gasteiger partial charge in [0.25, 0.3) is 0 Å². The summed E-state index contributed by atoms with van der Waals surface area (Å²) in [6, 6.07) is 41.9. The number of nitrogens with zero attached hydrogens (tertiary/aromatic N) is 2. The fraction of sp³-hybridized carbons (Fsp3) is 0.0333. The first-order valence-electron chi connectivity index (χ1n) is 10.8. The van der Waals surface area contributed by atoms with Crippen molar-refractivity contribution in [3.8, 4) is 22.5 Å². The highest BCUT2D eigenvalue weighted by Crippen LogP contribution is 2.34. The van der Waals surface area contributed by atoms with Gasteiger partial charge in [0.05, 0.1) is 11.4 Å². The Balaban J connectivity index is 1.74. The summed E-state index contributed by atoms with van der Waals surface area (Å²) in [6.45, 7) is 0. The fourth-order valence-corrected chi connectivity index (χ4v) is 4.07. The first-order chi connectivity index (χ1) is 15.8. The van der Waals surface area contributed by atoms with E-state index in [9.17, 15) is 0 Å². The van der Waals surface area contributed by atoms with E-state index in [-0.39, 0.29) is 0 Å². The molecule has 0 amide bonds. The van der Waals surface area contributed by atoms with Crippen LogP contribution in [0.1, 0.15) is 17.0 Å². The summed E-state index contributed by atoms with van der Waals surface area (Å²) in [5.74, 6) is 0.922. The van der Waals surface area contributed by atoms with Crippen LogP contribution in [0.25, 0.3) is 34.2 Å². The van der Waals surface area contributed by atoms with E-state index < -0.39 is 0 Å². The Morgan fingerprint density at radius 1 is 0.594 bits per heavy atom. The van der Waals surface area contributed by atoms with E-state index >= 15 is 0 Å². The Hall–Kier alpha value is -4.17. The summed E-state index contributed by atoms with van der Waals surface area (Å²) in [6.07, 6.45) is 2.20. The van der Waals surface area contributed by atoms with E-state index in [0.717, 1.165) is 33.9 Å². The van der Waals surface area contributed by atoms with Gasteiger partial charge in [0.2, 0.25) is 0 Å². The van der Waals surface area contributed by atoms with E-state index in [0.29, 0.717) is 0 Å². The molecule has 2 heteroatoms. The molecule has 0 aliphatic rings. The maximum atomic E-state index is 5.13. The molecule has 1 aromatic heterocycles. The molecule has 4 aromatic carbocycles. The number of hydrogen-bond acceptors (Lipinski definition) is 1. The van der Waals surface area contributed by atoms with Crippen LogP contribution >= 0.6 is 0 Å². The van der Waals surface area contributed by atoms with Crippen LogP contribution < -0.4 is 0 Å². The van der Waals surface area contributed by atoms with E-state index in [4.69, 9.17) is 4.98 Å². The van der Waals surface area contributed by atoms with Crippen molar-refractivity contribution in [1.82, 2.24) is 9.55 Å². The largest absolute Gasteiger partial charge is 0.327 e. The van der Waals surface area contributed by atoms with Crippen LogP contribution in [0.5, 0.6) is 0 Å². The van der Waals surface area contributed by atoms with Gasteiger partial charge in [-0.05, 0) is 22.8 Å². The lowest BCUT2D eigenvalue weighted by atomic mass is 9.97. The van der Waals surface area contributed by atoms with Gasteiger partial charge < -0.3 is 4.57 Å². The zero-order valence-electron chi connectivity index (χ0n) is 18.0. The van der Waals surface area contributed by atoms with Crippen LogP contribution in [0.4, 0.5) is 0 Å². The Morgan fingerprint density at radius 2 is 1.03 bits per heavy atom.